The topological polar surface area (TPSA) is 74.6 Å². The van der Waals surface area contributed by atoms with Gasteiger partial charge < -0.3 is 10.2 Å². The second kappa shape index (κ2) is 8.31. The van der Waals surface area contributed by atoms with E-state index in [9.17, 15) is 19.8 Å². The van der Waals surface area contributed by atoms with E-state index in [1.54, 1.807) is 30.3 Å². The van der Waals surface area contributed by atoms with Crippen molar-refractivity contribution in [3.63, 3.8) is 0 Å². The Morgan fingerprint density at radius 3 is 1.90 bits per heavy atom. The number of benzene rings is 1. The molecule has 112 valence electrons. The number of hydrogen-bond donors (Lipinski definition) is 2. The zero-order valence-electron chi connectivity index (χ0n) is 11.3. The summed E-state index contributed by atoms with van der Waals surface area (Å²) in [6.45, 7) is 0. The molecule has 1 aromatic carbocycles. The van der Waals surface area contributed by atoms with Crippen LogP contribution in [-0.4, -0.2) is 34.7 Å². The van der Waals surface area contributed by atoms with Crippen LogP contribution in [0.2, 0.25) is 0 Å². The number of hydrogen-bond acceptors (Lipinski definition) is 4. The van der Waals surface area contributed by atoms with Gasteiger partial charge in [0.15, 0.2) is 5.57 Å². The molecule has 0 aliphatic rings. The maximum atomic E-state index is 11.3. The van der Waals surface area contributed by atoms with Gasteiger partial charge in [-0.1, -0.05) is 28.1 Å². The number of rotatable bonds is 6. The summed E-state index contributed by atoms with van der Waals surface area (Å²) >= 11 is 6.16. The number of aliphatic carboxylic acids is 2. The fourth-order valence-corrected chi connectivity index (χ4v) is 2.97. The summed E-state index contributed by atoms with van der Waals surface area (Å²) in [5.74, 6) is -2.92. The quantitative estimate of drug-likeness (QED) is 0.332. The van der Waals surface area contributed by atoms with Crippen molar-refractivity contribution in [3.8, 4) is 0 Å². The van der Waals surface area contributed by atoms with E-state index in [2.05, 4.69) is 15.9 Å². The Bertz CT molecular complexity index is 584. The Kier molecular flexibility index (Phi) is 7.07. The van der Waals surface area contributed by atoms with Gasteiger partial charge in [0.2, 0.25) is 0 Å². The molecule has 1 rings (SSSR count). The molecule has 0 aliphatic heterocycles. The van der Waals surface area contributed by atoms with E-state index >= 15 is 0 Å². The smallest absolute Gasteiger partial charge is 0.343 e. The first kappa shape index (κ1) is 17.9. The predicted octanol–water partition coefficient (Wildman–Crippen LogP) is 3.94. The average molecular weight is 389 g/mol. The summed E-state index contributed by atoms with van der Waals surface area (Å²) < 4.78 is 1.66. The summed E-state index contributed by atoms with van der Waals surface area (Å²) in [5, 5.41) is 18.4. The fourth-order valence-electron chi connectivity index (χ4n) is 1.57. The van der Waals surface area contributed by atoms with Gasteiger partial charge >= 0.3 is 11.9 Å². The highest BCUT2D eigenvalue weighted by atomic mass is 79.9. The number of halogens is 1. The molecule has 0 spiro atoms. The van der Waals surface area contributed by atoms with Crippen molar-refractivity contribution in [2.75, 3.05) is 12.5 Å². The third kappa shape index (κ3) is 4.94. The van der Waals surface area contributed by atoms with E-state index in [-0.39, 0.29) is 5.57 Å². The zero-order chi connectivity index (χ0) is 16.0. The van der Waals surface area contributed by atoms with Crippen LogP contribution in [-0.2, 0) is 9.59 Å². The largest absolute Gasteiger partial charge is 0.477 e. The molecule has 0 atom stereocenters. The molecule has 0 bridgehead atoms. The lowest BCUT2D eigenvalue weighted by Crippen LogP contribution is -2.13. The molecule has 2 N–H and O–H groups in total. The molecule has 0 amide bonds. The van der Waals surface area contributed by atoms with Crippen molar-refractivity contribution in [2.24, 2.45) is 0 Å². The minimum atomic E-state index is -1.46. The molecule has 4 nitrogen and oxygen atoms in total. The summed E-state index contributed by atoms with van der Waals surface area (Å²) in [6, 6.07) is 6.84. The Balaban J connectivity index is 3.60. The van der Waals surface area contributed by atoms with Gasteiger partial charge in [0.05, 0.1) is 0 Å². The molecule has 0 unspecified atom stereocenters. The molecule has 0 heterocycles. The van der Waals surface area contributed by atoms with E-state index in [4.69, 9.17) is 0 Å². The lowest BCUT2D eigenvalue weighted by molar-refractivity contribution is -0.140. The molecule has 0 radical (unpaired) electrons. The third-order valence-electron chi connectivity index (χ3n) is 2.52. The van der Waals surface area contributed by atoms with E-state index in [0.29, 0.717) is 5.56 Å². The molecule has 0 fully saturated rings. The first-order valence-corrected chi connectivity index (χ1v) is 8.91. The fraction of sp³-hybridized carbons (Fsp3) is 0.143. The molecule has 21 heavy (non-hydrogen) atoms. The van der Waals surface area contributed by atoms with Gasteiger partial charge in [-0.15, -0.1) is 23.5 Å². The van der Waals surface area contributed by atoms with Crippen molar-refractivity contribution in [1.82, 2.24) is 0 Å². The van der Waals surface area contributed by atoms with Crippen molar-refractivity contribution in [1.29, 1.82) is 0 Å². The summed E-state index contributed by atoms with van der Waals surface area (Å²) in [5.41, 5.74) is 0.0812. The zero-order valence-corrected chi connectivity index (χ0v) is 14.5. The Labute approximate surface area is 139 Å². The van der Waals surface area contributed by atoms with E-state index in [0.717, 1.165) is 8.71 Å². The normalized spacial score (nSPS) is 9.86. The predicted molar refractivity (Wildman–Crippen MR) is 91.4 cm³/mol. The van der Waals surface area contributed by atoms with Crippen LogP contribution in [0.1, 0.15) is 5.56 Å². The number of carboxylic acids is 2. The Hall–Kier alpha value is -1.18. The van der Waals surface area contributed by atoms with Gasteiger partial charge in [-0.05, 0) is 36.3 Å². The van der Waals surface area contributed by atoms with Gasteiger partial charge in [0.1, 0.15) is 0 Å². The van der Waals surface area contributed by atoms with Crippen LogP contribution in [0, 0.1) is 0 Å². The molecular formula is C14H13BrO4S2. The first-order chi connectivity index (χ1) is 9.90. The average Bonchev–Trinajstić information content (AvgIpc) is 2.43. The highest BCUT2D eigenvalue weighted by Crippen LogP contribution is 2.31. The highest BCUT2D eigenvalue weighted by Gasteiger charge is 2.22. The molecule has 1 aromatic rings. The Morgan fingerprint density at radius 2 is 1.52 bits per heavy atom. The molecule has 7 heteroatoms. The van der Waals surface area contributed by atoms with Crippen LogP contribution < -0.4 is 0 Å². The summed E-state index contributed by atoms with van der Waals surface area (Å²) in [4.78, 5) is 22.6. The van der Waals surface area contributed by atoms with E-state index < -0.39 is 17.5 Å². The van der Waals surface area contributed by atoms with Crippen LogP contribution in [0.3, 0.4) is 0 Å². The molecule has 0 saturated heterocycles. The van der Waals surface area contributed by atoms with E-state index in [1.807, 2.05) is 12.5 Å². The van der Waals surface area contributed by atoms with Crippen molar-refractivity contribution in [2.45, 2.75) is 0 Å². The number of carbonyl (C=O) groups is 2. The van der Waals surface area contributed by atoms with Crippen LogP contribution >= 0.6 is 39.5 Å². The Morgan fingerprint density at radius 1 is 1.05 bits per heavy atom. The van der Waals surface area contributed by atoms with Crippen molar-refractivity contribution in [3.05, 3.63) is 50.2 Å². The van der Waals surface area contributed by atoms with Gasteiger partial charge in [-0.3, -0.25) is 0 Å². The molecular weight excluding hydrogens is 376 g/mol. The third-order valence-corrected chi connectivity index (χ3v) is 5.09. The first-order valence-electron chi connectivity index (χ1n) is 5.67. The minimum absolute atomic E-state index is 0.182. The lowest BCUT2D eigenvalue weighted by atomic mass is 10.00. The highest BCUT2D eigenvalue weighted by molar-refractivity contribution is 9.10. The minimum Gasteiger partial charge on any atom is -0.477 e. The molecule has 0 aromatic heterocycles. The van der Waals surface area contributed by atoms with Crippen molar-refractivity contribution >= 4 is 57.0 Å². The number of carboxylic acid groups (broad SMARTS) is 2. The van der Waals surface area contributed by atoms with Crippen molar-refractivity contribution < 1.29 is 19.8 Å². The van der Waals surface area contributed by atoms with Crippen LogP contribution in [0.4, 0.5) is 0 Å². The number of thioether (sulfide) groups is 2. The maximum absolute atomic E-state index is 11.3. The van der Waals surface area contributed by atoms with Gasteiger partial charge in [-0.2, -0.15) is 0 Å². The lowest BCUT2D eigenvalue weighted by Gasteiger charge is -2.09. The van der Waals surface area contributed by atoms with E-state index in [1.165, 1.54) is 23.5 Å². The number of allylic oxidation sites excluding steroid dienone is 2. The molecule has 0 saturated carbocycles. The molecule has 0 aliphatic carbocycles. The summed E-state index contributed by atoms with van der Waals surface area (Å²) in [7, 11) is 0. The second-order valence-electron chi connectivity index (χ2n) is 3.78. The monoisotopic (exact) mass is 388 g/mol. The summed E-state index contributed by atoms with van der Waals surface area (Å²) in [6.07, 6.45) is 5.29. The standard InChI is InChI=1S/C14H13BrO4S2/c1-20-11(21-2)7-10(12(13(16)17)14(18)19)8-3-5-9(15)6-4-8/h3-7H,1-2H3,(H,16,17)(H,18,19). The maximum Gasteiger partial charge on any atom is 0.343 e. The van der Waals surface area contributed by atoms with Crippen LogP contribution in [0.5, 0.6) is 0 Å². The van der Waals surface area contributed by atoms with Crippen LogP contribution in [0.15, 0.2) is 44.6 Å². The van der Waals surface area contributed by atoms with Gasteiger partial charge in [-0.25, -0.2) is 9.59 Å². The van der Waals surface area contributed by atoms with Crippen LogP contribution in [0.25, 0.3) is 5.57 Å². The van der Waals surface area contributed by atoms with Gasteiger partial charge in [0.25, 0.3) is 0 Å². The van der Waals surface area contributed by atoms with Gasteiger partial charge in [0, 0.05) is 14.3 Å². The second-order valence-corrected chi connectivity index (χ2v) is 6.65. The SMILES string of the molecule is CSC(=CC(=C(C(=O)O)C(=O)O)c1ccc(Br)cc1)SC.